The molecule has 166 valence electrons. The Balaban J connectivity index is 1.42. The number of aryl methyl sites for hydroxylation is 1. The molecule has 4 rings (SSSR count). The minimum Gasteiger partial charge on any atom is -0.491 e. The number of nitrogens with zero attached hydrogens (tertiary/aromatic N) is 1. The van der Waals surface area contributed by atoms with E-state index >= 15 is 0 Å². The van der Waals surface area contributed by atoms with E-state index in [0.29, 0.717) is 31.5 Å². The first kappa shape index (κ1) is 21.8. The predicted molar refractivity (Wildman–Crippen MR) is 120 cm³/mol. The van der Waals surface area contributed by atoms with Gasteiger partial charge in [-0.25, -0.2) is 0 Å². The van der Waals surface area contributed by atoms with E-state index in [0.717, 1.165) is 29.7 Å². The third-order valence-electron chi connectivity index (χ3n) is 6.40. The SMILES string of the molecule is Cc1cc(C(=O)N2CCC3(CC2)CC(O)CC(c2ccccc2)O3)ccc1OC(C)C. The Labute approximate surface area is 185 Å². The molecule has 1 N–H and O–H groups in total. The molecule has 31 heavy (non-hydrogen) atoms. The number of aliphatic hydroxyl groups is 1. The fraction of sp³-hybridized carbons (Fsp3) is 0.500. The number of rotatable bonds is 4. The van der Waals surface area contributed by atoms with Crippen LogP contribution in [0, 0.1) is 6.92 Å². The minimum absolute atomic E-state index is 0.0463. The number of benzene rings is 2. The first-order valence-corrected chi connectivity index (χ1v) is 11.3. The Kier molecular flexibility index (Phi) is 6.35. The lowest BCUT2D eigenvalue weighted by molar-refractivity contribution is -0.181. The van der Waals surface area contributed by atoms with Crippen molar-refractivity contribution in [1.29, 1.82) is 0 Å². The molecule has 1 spiro atoms. The number of aliphatic hydroxyl groups excluding tert-OH is 1. The summed E-state index contributed by atoms with van der Waals surface area (Å²) >= 11 is 0. The molecular formula is C26H33NO4. The monoisotopic (exact) mass is 423 g/mol. The lowest BCUT2D eigenvalue weighted by Gasteiger charge is -2.48. The Morgan fingerprint density at radius 1 is 1.16 bits per heavy atom. The van der Waals surface area contributed by atoms with Crippen molar-refractivity contribution in [2.75, 3.05) is 13.1 Å². The van der Waals surface area contributed by atoms with Crippen LogP contribution in [0.5, 0.6) is 5.75 Å². The number of hydrogen-bond donors (Lipinski definition) is 1. The van der Waals surface area contributed by atoms with E-state index in [4.69, 9.17) is 9.47 Å². The standard InChI is InChI=1S/C26H33NO4/c1-18(2)30-23-10-9-21(15-19(23)3)25(29)27-13-11-26(12-14-27)17-22(28)16-24(31-26)20-7-5-4-6-8-20/h4-10,15,18,22,24,28H,11-14,16-17H2,1-3H3. The summed E-state index contributed by atoms with van der Waals surface area (Å²) in [6.45, 7) is 7.23. The van der Waals surface area contributed by atoms with Crippen LogP contribution in [-0.4, -0.2) is 46.8 Å². The van der Waals surface area contributed by atoms with Crippen molar-refractivity contribution in [2.24, 2.45) is 0 Å². The summed E-state index contributed by atoms with van der Waals surface area (Å²) < 4.78 is 12.4. The molecule has 0 radical (unpaired) electrons. The van der Waals surface area contributed by atoms with E-state index < -0.39 is 0 Å². The second-order valence-electron chi connectivity index (χ2n) is 9.23. The van der Waals surface area contributed by atoms with Gasteiger partial charge in [0, 0.05) is 31.5 Å². The Morgan fingerprint density at radius 2 is 1.87 bits per heavy atom. The summed E-state index contributed by atoms with van der Waals surface area (Å²) in [5.41, 5.74) is 2.41. The molecule has 2 fully saturated rings. The summed E-state index contributed by atoms with van der Waals surface area (Å²) in [6.07, 6.45) is 2.38. The quantitative estimate of drug-likeness (QED) is 0.776. The molecule has 2 aliphatic heterocycles. The molecule has 0 bridgehead atoms. The van der Waals surface area contributed by atoms with Crippen LogP contribution < -0.4 is 4.74 Å². The van der Waals surface area contributed by atoms with Gasteiger partial charge in [-0.1, -0.05) is 30.3 Å². The molecule has 5 nitrogen and oxygen atoms in total. The Hall–Kier alpha value is -2.37. The van der Waals surface area contributed by atoms with E-state index in [9.17, 15) is 9.90 Å². The number of piperidine rings is 1. The van der Waals surface area contributed by atoms with Crippen LogP contribution in [0.25, 0.3) is 0 Å². The predicted octanol–water partition coefficient (Wildman–Crippen LogP) is 4.67. The molecule has 0 aliphatic carbocycles. The zero-order valence-corrected chi connectivity index (χ0v) is 18.7. The number of amides is 1. The third kappa shape index (κ3) is 4.94. The van der Waals surface area contributed by atoms with Crippen molar-refractivity contribution in [1.82, 2.24) is 4.90 Å². The second kappa shape index (κ2) is 9.01. The normalized spacial score (nSPS) is 23.2. The summed E-state index contributed by atoms with van der Waals surface area (Å²) in [7, 11) is 0. The summed E-state index contributed by atoms with van der Waals surface area (Å²) in [4.78, 5) is 15.0. The molecule has 2 saturated heterocycles. The van der Waals surface area contributed by atoms with Crippen molar-refractivity contribution in [2.45, 2.75) is 70.4 Å². The number of ether oxygens (including phenoxy) is 2. The van der Waals surface area contributed by atoms with Crippen molar-refractivity contribution >= 4 is 5.91 Å². The maximum Gasteiger partial charge on any atom is 0.253 e. The van der Waals surface area contributed by atoms with Crippen molar-refractivity contribution in [3.05, 3.63) is 65.2 Å². The van der Waals surface area contributed by atoms with Gasteiger partial charge in [-0.2, -0.15) is 0 Å². The summed E-state index contributed by atoms with van der Waals surface area (Å²) in [6, 6.07) is 15.8. The molecule has 2 aromatic carbocycles. The topological polar surface area (TPSA) is 59.0 Å². The first-order chi connectivity index (χ1) is 14.8. The van der Waals surface area contributed by atoms with Crippen LogP contribution in [0.4, 0.5) is 0 Å². The van der Waals surface area contributed by atoms with Crippen LogP contribution in [0.2, 0.25) is 0 Å². The van der Waals surface area contributed by atoms with E-state index in [1.54, 1.807) is 0 Å². The number of hydrogen-bond acceptors (Lipinski definition) is 4. The molecule has 2 unspecified atom stereocenters. The summed E-state index contributed by atoms with van der Waals surface area (Å²) in [5.74, 6) is 0.866. The molecule has 2 heterocycles. The van der Waals surface area contributed by atoms with Gasteiger partial charge in [0.1, 0.15) is 5.75 Å². The maximum atomic E-state index is 13.1. The lowest BCUT2D eigenvalue weighted by atomic mass is 9.80. The fourth-order valence-electron chi connectivity index (χ4n) is 4.82. The molecule has 2 atom stereocenters. The zero-order chi connectivity index (χ0) is 22.0. The number of carbonyl (C=O) groups is 1. The maximum absolute atomic E-state index is 13.1. The minimum atomic E-state index is -0.377. The molecule has 0 saturated carbocycles. The van der Waals surface area contributed by atoms with Gasteiger partial charge in [0.15, 0.2) is 0 Å². The highest BCUT2D eigenvalue weighted by molar-refractivity contribution is 5.94. The van der Waals surface area contributed by atoms with Gasteiger partial charge < -0.3 is 19.5 Å². The van der Waals surface area contributed by atoms with Crippen molar-refractivity contribution in [3.8, 4) is 5.75 Å². The second-order valence-corrected chi connectivity index (χ2v) is 9.23. The van der Waals surface area contributed by atoms with Gasteiger partial charge in [-0.15, -0.1) is 0 Å². The highest BCUT2D eigenvalue weighted by Crippen LogP contribution is 2.43. The van der Waals surface area contributed by atoms with Gasteiger partial charge >= 0.3 is 0 Å². The molecule has 5 heteroatoms. The number of carbonyl (C=O) groups excluding carboxylic acids is 1. The van der Waals surface area contributed by atoms with E-state index in [-0.39, 0.29) is 29.8 Å². The molecule has 2 aromatic rings. The first-order valence-electron chi connectivity index (χ1n) is 11.3. The Morgan fingerprint density at radius 3 is 2.52 bits per heavy atom. The highest BCUT2D eigenvalue weighted by Gasteiger charge is 2.44. The molecule has 2 aliphatic rings. The lowest BCUT2D eigenvalue weighted by Crippen LogP contribution is -2.52. The van der Waals surface area contributed by atoms with Crippen LogP contribution in [0.15, 0.2) is 48.5 Å². The van der Waals surface area contributed by atoms with Crippen LogP contribution in [0.3, 0.4) is 0 Å². The average Bonchev–Trinajstić information content (AvgIpc) is 2.75. The molecular weight excluding hydrogens is 390 g/mol. The zero-order valence-electron chi connectivity index (χ0n) is 18.7. The third-order valence-corrected chi connectivity index (χ3v) is 6.40. The molecule has 1 amide bonds. The van der Waals surface area contributed by atoms with Gasteiger partial charge in [0.05, 0.1) is 23.9 Å². The van der Waals surface area contributed by atoms with Crippen LogP contribution >= 0.6 is 0 Å². The van der Waals surface area contributed by atoms with Crippen LogP contribution in [-0.2, 0) is 4.74 Å². The van der Waals surface area contributed by atoms with Crippen LogP contribution in [0.1, 0.15) is 67.1 Å². The fourth-order valence-corrected chi connectivity index (χ4v) is 4.82. The summed E-state index contributed by atoms with van der Waals surface area (Å²) in [5, 5.41) is 10.6. The van der Waals surface area contributed by atoms with E-state index in [2.05, 4.69) is 12.1 Å². The van der Waals surface area contributed by atoms with E-state index in [1.165, 1.54) is 0 Å². The number of likely N-dealkylation sites (tertiary alicyclic amines) is 1. The Bertz CT molecular complexity index is 903. The van der Waals surface area contributed by atoms with Gasteiger partial charge in [0.2, 0.25) is 0 Å². The van der Waals surface area contributed by atoms with E-state index in [1.807, 2.05) is 62.1 Å². The smallest absolute Gasteiger partial charge is 0.253 e. The largest absolute Gasteiger partial charge is 0.491 e. The van der Waals surface area contributed by atoms with Gasteiger partial charge in [-0.3, -0.25) is 4.79 Å². The van der Waals surface area contributed by atoms with Crippen molar-refractivity contribution in [3.63, 3.8) is 0 Å². The van der Waals surface area contributed by atoms with Gasteiger partial charge in [-0.05, 0) is 62.9 Å². The average molecular weight is 424 g/mol. The van der Waals surface area contributed by atoms with Crippen molar-refractivity contribution < 1.29 is 19.4 Å². The highest BCUT2D eigenvalue weighted by atomic mass is 16.5. The molecule has 0 aromatic heterocycles. The van der Waals surface area contributed by atoms with Gasteiger partial charge in [0.25, 0.3) is 5.91 Å².